The predicted molar refractivity (Wildman–Crippen MR) is 111 cm³/mol. The zero-order valence-electron chi connectivity index (χ0n) is 16.3. The van der Waals surface area contributed by atoms with Crippen molar-refractivity contribution in [3.05, 3.63) is 42.0 Å². The second kappa shape index (κ2) is 9.77. The number of hydrogen-bond donors (Lipinski definition) is 2. The maximum absolute atomic E-state index is 9.75. The predicted octanol–water partition coefficient (Wildman–Crippen LogP) is 5.02. The second-order valence-corrected chi connectivity index (χ2v) is 7.14. The van der Waals surface area contributed by atoms with Crippen molar-refractivity contribution >= 4 is 21.8 Å². The Morgan fingerprint density at radius 2 is 1.67 bits per heavy atom. The molecular weight excluding hydrogens is 338 g/mol. The number of rotatable bonds is 11. The van der Waals surface area contributed by atoms with Crippen LogP contribution in [-0.2, 0) is 13.2 Å². The van der Waals surface area contributed by atoms with Gasteiger partial charge < -0.3 is 19.5 Å². The van der Waals surface area contributed by atoms with Gasteiger partial charge in [-0.05, 0) is 18.6 Å². The van der Waals surface area contributed by atoms with E-state index >= 15 is 0 Å². The quantitative estimate of drug-likeness (QED) is 0.467. The summed E-state index contributed by atoms with van der Waals surface area (Å²) in [5.74, 6) is 0.658. The fraction of sp³-hybridized carbons (Fsp3) is 0.478. The van der Waals surface area contributed by atoms with Gasteiger partial charge in [0, 0.05) is 34.5 Å². The molecular formula is C23H31NO3. The minimum Gasteiger partial charge on any atom is -0.491 e. The smallest absolute Gasteiger partial charge is 0.127 e. The molecule has 27 heavy (non-hydrogen) atoms. The van der Waals surface area contributed by atoms with Crippen LogP contribution in [0.25, 0.3) is 21.8 Å². The van der Waals surface area contributed by atoms with Gasteiger partial charge >= 0.3 is 0 Å². The van der Waals surface area contributed by atoms with Crippen molar-refractivity contribution < 1.29 is 14.9 Å². The lowest BCUT2D eigenvalue weighted by atomic mass is 10.1. The van der Waals surface area contributed by atoms with Crippen molar-refractivity contribution in [1.29, 1.82) is 0 Å². The summed E-state index contributed by atoms with van der Waals surface area (Å²) in [4.78, 5) is 0. The Kier molecular flexibility index (Phi) is 7.13. The highest BCUT2D eigenvalue weighted by Crippen LogP contribution is 2.34. The summed E-state index contributed by atoms with van der Waals surface area (Å²) < 4.78 is 8.06. The first kappa shape index (κ1) is 19.7. The summed E-state index contributed by atoms with van der Waals surface area (Å²) in [6.45, 7) is 3.34. The second-order valence-electron chi connectivity index (χ2n) is 7.14. The molecule has 0 saturated heterocycles. The van der Waals surface area contributed by atoms with E-state index in [-0.39, 0.29) is 19.8 Å². The van der Waals surface area contributed by atoms with Crippen LogP contribution in [0.3, 0.4) is 0 Å². The number of nitrogens with zero attached hydrogens (tertiary/aromatic N) is 1. The molecule has 0 aliphatic rings. The summed E-state index contributed by atoms with van der Waals surface area (Å²) in [5.41, 5.74) is 3.12. The third-order valence-electron chi connectivity index (χ3n) is 5.21. The number of benzene rings is 2. The van der Waals surface area contributed by atoms with Gasteiger partial charge in [0.25, 0.3) is 0 Å². The van der Waals surface area contributed by atoms with Crippen molar-refractivity contribution in [1.82, 2.24) is 4.57 Å². The van der Waals surface area contributed by atoms with E-state index in [0.29, 0.717) is 5.75 Å². The summed E-state index contributed by atoms with van der Waals surface area (Å²) in [6, 6.07) is 12.5. The number of unbranched alkanes of at least 4 members (excludes halogenated alkanes) is 5. The summed E-state index contributed by atoms with van der Waals surface area (Å²) in [5, 5.41) is 21.2. The van der Waals surface area contributed by atoms with Gasteiger partial charge in [-0.15, -0.1) is 0 Å². The molecule has 4 nitrogen and oxygen atoms in total. The van der Waals surface area contributed by atoms with Crippen LogP contribution in [0.5, 0.6) is 5.75 Å². The molecule has 0 atom stereocenters. The minimum absolute atomic E-state index is 0.0380. The Labute approximate surface area is 161 Å². The van der Waals surface area contributed by atoms with E-state index in [1.54, 1.807) is 0 Å². The number of aliphatic hydroxyl groups excluding tert-OH is 2. The molecule has 0 radical (unpaired) electrons. The van der Waals surface area contributed by atoms with Gasteiger partial charge in [-0.25, -0.2) is 0 Å². The number of aryl methyl sites for hydroxylation is 1. The maximum Gasteiger partial charge on any atom is 0.127 e. The molecule has 0 bridgehead atoms. The molecule has 4 heteroatoms. The molecule has 0 saturated carbocycles. The van der Waals surface area contributed by atoms with Crippen molar-refractivity contribution in [2.45, 2.75) is 58.6 Å². The number of para-hydroxylation sites is 1. The fourth-order valence-corrected chi connectivity index (χ4v) is 3.82. The van der Waals surface area contributed by atoms with Gasteiger partial charge in [-0.3, -0.25) is 0 Å². The van der Waals surface area contributed by atoms with Crippen LogP contribution < -0.4 is 4.74 Å². The fourth-order valence-electron chi connectivity index (χ4n) is 3.82. The number of hydrogen-bond acceptors (Lipinski definition) is 3. The van der Waals surface area contributed by atoms with Crippen LogP contribution in [0.2, 0.25) is 0 Å². The molecule has 0 aliphatic heterocycles. The van der Waals surface area contributed by atoms with E-state index in [2.05, 4.69) is 35.8 Å². The summed E-state index contributed by atoms with van der Waals surface area (Å²) in [7, 11) is 0. The van der Waals surface area contributed by atoms with Crippen LogP contribution in [0.1, 0.15) is 51.0 Å². The van der Waals surface area contributed by atoms with E-state index in [4.69, 9.17) is 9.84 Å². The van der Waals surface area contributed by atoms with E-state index in [0.717, 1.165) is 29.4 Å². The molecule has 2 aromatic carbocycles. The lowest BCUT2D eigenvalue weighted by Crippen LogP contribution is -2.05. The highest BCUT2D eigenvalue weighted by Gasteiger charge is 2.14. The SMILES string of the molecule is CCCCCCCCn1c2ccccc2c2cc(CO)c(OCCO)cc21. The highest BCUT2D eigenvalue weighted by molar-refractivity contribution is 6.08. The zero-order valence-corrected chi connectivity index (χ0v) is 16.3. The molecule has 0 amide bonds. The van der Waals surface area contributed by atoms with Crippen LogP contribution >= 0.6 is 0 Å². The molecule has 0 aliphatic carbocycles. The first-order valence-corrected chi connectivity index (χ1v) is 10.2. The van der Waals surface area contributed by atoms with Crippen LogP contribution in [0.15, 0.2) is 36.4 Å². The zero-order chi connectivity index (χ0) is 19.1. The molecule has 3 rings (SSSR count). The maximum atomic E-state index is 9.75. The Morgan fingerprint density at radius 1 is 0.889 bits per heavy atom. The van der Waals surface area contributed by atoms with Crippen LogP contribution in [0.4, 0.5) is 0 Å². The standard InChI is InChI=1S/C23H31NO3/c1-2-3-4-5-6-9-12-24-21-11-8-7-10-19(21)20-15-18(17-26)23(16-22(20)24)27-14-13-25/h7-8,10-11,15-16,25-26H,2-6,9,12-14,17H2,1H3. The van der Waals surface area contributed by atoms with Crippen LogP contribution in [-0.4, -0.2) is 28.0 Å². The lowest BCUT2D eigenvalue weighted by Gasteiger charge is -2.12. The minimum atomic E-state index is -0.0758. The average Bonchev–Trinajstić information content (AvgIpc) is 3.01. The van der Waals surface area contributed by atoms with E-state index in [1.165, 1.54) is 43.0 Å². The Bertz CT molecular complexity index is 869. The number of aromatic nitrogens is 1. The van der Waals surface area contributed by atoms with Gasteiger partial charge in [0.05, 0.1) is 18.7 Å². The highest BCUT2D eigenvalue weighted by atomic mass is 16.5. The topological polar surface area (TPSA) is 54.6 Å². The molecule has 2 N–H and O–H groups in total. The third kappa shape index (κ3) is 4.45. The monoisotopic (exact) mass is 369 g/mol. The number of aliphatic hydroxyl groups is 2. The first-order chi connectivity index (χ1) is 13.3. The molecule has 1 aromatic heterocycles. The molecule has 146 valence electrons. The van der Waals surface area contributed by atoms with Crippen LogP contribution in [0, 0.1) is 0 Å². The first-order valence-electron chi connectivity index (χ1n) is 10.2. The Hall–Kier alpha value is -2.04. The molecule has 0 unspecified atom stereocenters. The molecule has 0 spiro atoms. The lowest BCUT2D eigenvalue weighted by molar-refractivity contribution is 0.196. The number of ether oxygens (including phenoxy) is 1. The van der Waals surface area contributed by atoms with Gasteiger partial charge in [-0.1, -0.05) is 57.2 Å². The van der Waals surface area contributed by atoms with Gasteiger partial charge in [0.1, 0.15) is 12.4 Å². The number of fused-ring (bicyclic) bond motifs is 3. The Morgan fingerprint density at radius 3 is 2.44 bits per heavy atom. The molecule has 0 fully saturated rings. The van der Waals surface area contributed by atoms with Crippen molar-refractivity contribution in [2.24, 2.45) is 0 Å². The average molecular weight is 370 g/mol. The van der Waals surface area contributed by atoms with Gasteiger partial charge in [0.2, 0.25) is 0 Å². The largest absolute Gasteiger partial charge is 0.491 e. The van der Waals surface area contributed by atoms with Gasteiger partial charge in [0.15, 0.2) is 0 Å². The Balaban J connectivity index is 1.94. The van der Waals surface area contributed by atoms with Crippen molar-refractivity contribution in [3.8, 4) is 5.75 Å². The van der Waals surface area contributed by atoms with E-state index < -0.39 is 0 Å². The van der Waals surface area contributed by atoms with E-state index in [1.807, 2.05) is 12.1 Å². The third-order valence-corrected chi connectivity index (χ3v) is 5.21. The summed E-state index contributed by atoms with van der Waals surface area (Å²) >= 11 is 0. The molecule has 1 heterocycles. The van der Waals surface area contributed by atoms with Gasteiger partial charge in [-0.2, -0.15) is 0 Å². The normalized spacial score (nSPS) is 11.5. The molecule has 3 aromatic rings. The van der Waals surface area contributed by atoms with Crippen molar-refractivity contribution in [3.63, 3.8) is 0 Å². The summed E-state index contributed by atoms with van der Waals surface area (Å²) in [6.07, 6.45) is 7.62. The van der Waals surface area contributed by atoms with Crippen molar-refractivity contribution in [2.75, 3.05) is 13.2 Å². The van der Waals surface area contributed by atoms with E-state index in [9.17, 15) is 5.11 Å².